The molecule has 1 saturated carbocycles. The molecule has 6 nitrogen and oxygen atoms in total. The highest BCUT2D eigenvalue weighted by molar-refractivity contribution is 7.99. The van der Waals surface area contributed by atoms with E-state index in [1.54, 1.807) is 24.2 Å². The second kappa shape index (κ2) is 8.97. The zero-order chi connectivity index (χ0) is 20.2. The van der Waals surface area contributed by atoms with Crippen molar-refractivity contribution in [1.82, 2.24) is 24.6 Å². The Labute approximate surface area is 179 Å². The molecule has 0 bridgehead atoms. The van der Waals surface area contributed by atoms with E-state index in [2.05, 4.69) is 31.9 Å². The van der Waals surface area contributed by atoms with Crippen LogP contribution in [0.4, 0.5) is 0 Å². The zero-order valence-corrected chi connectivity index (χ0v) is 17.7. The van der Waals surface area contributed by atoms with Crippen LogP contribution in [0.2, 0.25) is 5.15 Å². The number of aromatic nitrogens is 4. The second-order valence-corrected chi connectivity index (χ2v) is 8.54. The number of hydrogen-bond acceptors (Lipinski definition) is 5. The zero-order valence-electron chi connectivity index (χ0n) is 16.2. The highest BCUT2D eigenvalue weighted by Crippen LogP contribution is 2.40. The number of benzene rings is 1. The highest BCUT2D eigenvalue weighted by Gasteiger charge is 2.30. The average Bonchev–Trinajstić information content (AvgIpc) is 3.50. The number of pyridine rings is 1. The van der Waals surface area contributed by atoms with Gasteiger partial charge in [0.1, 0.15) is 11.0 Å². The van der Waals surface area contributed by atoms with Crippen LogP contribution >= 0.6 is 23.4 Å². The van der Waals surface area contributed by atoms with Crippen molar-refractivity contribution in [2.75, 3.05) is 12.8 Å². The minimum atomic E-state index is 0.0344. The summed E-state index contributed by atoms with van der Waals surface area (Å²) in [5.41, 5.74) is 2.15. The number of halogens is 1. The molecule has 0 aliphatic heterocycles. The third kappa shape index (κ3) is 5.16. The molecule has 0 N–H and O–H groups in total. The van der Waals surface area contributed by atoms with Gasteiger partial charge in [-0.05, 0) is 30.0 Å². The van der Waals surface area contributed by atoms with E-state index in [0.717, 1.165) is 35.9 Å². The molecule has 1 aliphatic rings. The highest BCUT2D eigenvalue weighted by atomic mass is 35.5. The van der Waals surface area contributed by atoms with E-state index in [0.29, 0.717) is 23.4 Å². The SMILES string of the molecule is CN(Cc1ccc(Cl)nc1)C(=O)CSc1nnc(C2CC2)n1Cc1ccccc1. The normalized spacial score (nSPS) is 13.4. The Balaban J connectivity index is 1.41. The topological polar surface area (TPSA) is 63.9 Å². The fourth-order valence-corrected chi connectivity index (χ4v) is 4.06. The minimum Gasteiger partial charge on any atom is -0.341 e. The van der Waals surface area contributed by atoms with E-state index in [1.807, 2.05) is 24.3 Å². The average molecular weight is 428 g/mol. The van der Waals surface area contributed by atoms with Crippen LogP contribution in [-0.2, 0) is 17.9 Å². The smallest absolute Gasteiger partial charge is 0.233 e. The van der Waals surface area contributed by atoms with Gasteiger partial charge in [0.15, 0.2) is 5.16 Å². The number of rotatable bonds is 8. The Hall–Kier alpha value is -2.38. The predicted molar refractivity (Wildman–Crippen MR) is 114 cm³/mol. The van der Waals surface area contributed by atoms with Crippen molar-refractivity contribution in [1.29, 1.82) is 0 Å². The summed E-state index contributed by atoms with van der Waals surface area (Å²) in [6, 6.07) is 13.9. The second-order valence-electron chi connectivity index (χ2n) is 7.21. The van der Waals surface area contributed by atoms with Crippen molar-refractivity contribution in [2.45, 2.75) is 37.0 Å². The van der Waals surface area contributed by atoms with Crippen molar-refractivity contribution >= 4 is 29.3 Å². The van der Waals surface area contributed by atoms with Crippen molar-refractivity contribution in [3.8, 4) is 0 Å². The van der Waals surface area contributed by atoms with Gasteiger partial charge in [0.2, 0.25) is 5.91 Å². The number of nitrogens with zero attached hydrogens (tertiary/aromatic N) is 5. The van der Waals surface area contributed by atoms with Gasteiger partial charge in [0.25, 0.3) is 0 Å². The van der Waals surface area contributed by atoms with Crippen LogP contribution in [-0.4, -0.2) is 43.4 Å². The molecule has 2 heterocycles. The molecule has 150 valence electrons. The first-order chi connectivity index (χ1) is 14.1. The van der Waals surface area contributed by atoms with E-state index in [1.165, 1.54) is 17.3 Å². The third-order valence-electron chi connectivity index (χ3n) is 4.83. The number of carbonyl (C=O) groups excluding carboxylic acids is 1. The quantitative estimate of drug-likeness (QED) is 0.401. The van der Waals surface area contributed by atoms with E-state index < -0.39 is 0 Å². The summed E-state index contributed by atoms with van der Waals surface area (Å²) in [7, 11) is 1.79. The molecule has 3 aromatic rings. The van der Waals surface area contributed by atoms with Crippen molar-refractivity contribution in [3.63, 3.8) is 0 Å². The number of hydrogen-bond donors (Lipinski definition) is 0. The predicted octanol–water partition coefficient (Wildman–Crippen LogP) is 4.00. The molecule has 0 radical (unpaired) electrons. The summed E-state index contributed by atoms with van der Waals surface area (Å²) in [6.45, 7) is 1.22. The van der Waals surface area contributed by atoms with Gasteiger partial charge in [-0.25, -0.2) is 4.98 Å². The van der Waals surface area contributed by atoms with Crippen LogP contribution in [0.25, 0.3) is 0 Å². The van der Waals surface area contributed by atoms with Gasteiger partial charge in [-0.1, -0.05) is 59.8 Å². The van der Waals surface area contributed by atoms with Gasteiger partial charge in [-0.3, -0.25) is 4.79 Å². The summed E-state index contributed by atoms with van der Waals surface area (Å²) >= 11 is 7.26. The molecular formula is C21H22ClN5OS. The van der Waals surface area contributed by atoms with Crippen LogP contribution < -0.4 is 0 Å². The standard InChI is InChI=1S/C21H22ClN5OS/c1-26(12-16-7-10-18(22)23-11-16)19(28)14-29-21-25-24-20(17-8-9-17)27(21)13-15-5-3-2-4-6-15/h2-7,10-11,17H,8-9,12-14H2,1H3. The maximum atomic E-state index is 12.6. The lowest BCUT2D eigenvalue weighted by Crippen LogP contribution is -2.28. The lowest BCUT2D eigenvalue weighted by atomic mass is 10.2. The molecule has 1 fully saturated rings. The van der Waals surface area contributed by atoms with E-state index in [-0.39, 0.29) is 5.91 Å². The van der Waals surface area contributed by atoms with Crippen LogP contribution in [0.5, 0.6) is 0 Å². The molecule has 8 heteroatoms. The van der Waals surface area contributed by atoms with Crippen molar-refractivity contribution < 1.29 is 4.79 Å². The van der Waals surface area contributed by atoms with Gasteiger partial charge in [-0.2, -0.15) is 0 Å². The molecule has 1 aromatic carbocycles. The van der Waals surface area contributed by atoms with Crippen LogP contribution in [0, 0.1) is 0 Å². The molecule has 0 atom stereocenters. The first kappa shape index (κ1) is 19.9. The first-order valence-corrected chi connectivity index (χ1v) is 10.9. The molecule has 1 amide bonds. The number of carbonyl (C=O) groups is 1. The van der Waals surface area contributed by atoms with E-state index in [9.17, 15) is 4.79 Å². The van der Waals surface area contributed by atoms with Gasteiger partial charge in [0.05, 0.1) is 12.3 Å². The van der Waals surface area contributed by atoms with Gasteiger partial charge >= 0.3 is 0 Å². The fraction of sp³-hybridized carbons (Fsp3) is 0.333. The Kier molecular flexibility index (Phi) is 6.16. The van der Waals surface area contributed by atoms with E-state index >= 15 is 0 Å². The lowest BCUT2D eigenvalue weighted by Gasteiger charge is -2.17. The maximum absolute atomic E-state index is 12.6. The van der Waals surface area contributed by atoms with Crippen molar-refractivity contribution in [3.05, 3.63) is 70.8 Å². The summed E-state index contributed by atoms with van der Waals surface area (Å²) in [6.07, 6.45) is 4.01. The van der Waals surface area contributed by atoms with Crippen LogP contribution in [0.1, 0.15) is 35.7 Å². The van der Waals surface area contributed by atoms with Crippen LogP contribution in [0.3, 0.4) is 0 Å². The first-order valence-electron chi connectivity index (χ1n) is 9.54. The minimum absolute atomic E-state index is 0.0344. The maximum Gasteiger partial charge on any atom is 0.233 e. The summed E-state index contributed by atoms with van der Waals surface area (Å²) in [5, 5.41) is 10.0. The summed E-state index contributed by atoms with van der Waals surface area (Å²) in [5.74, 6) is 1.88. The monoisotopic (exact) mass is 427 g/mol. The molecule has 0 saturated heterocycles. The lowest BCUT2D eigenvalue weighted by molar-refractivity contribution is -0.127. The largest absolute Gasteiger partial charge is 0.341 e. The summed E-state index contributed by atoms with van der Waals surface area (Å²) in [4.78, 5) is 18.4. The molecular weight excluding hydrogens is 406 g/mol. The molecule has 0 unspecified atom stereocenters. The Morgan fingerprint density at radius 3 is 2.66 bits per heavy atom. The fourth-order valence-electron chi connectivity index (χ4n) is 3.06. The Bertz CT molecular complexity index is 972. The van der Waals surface area contributed by atoms with Gasteiger partial charge < -0.3 is 9.47 Å². The van der Waals surface area contributed by atoms with E-state index in [4.69, 9.17) is 11.6 Å². The van der Waals surface area contributed by atoms with Gasteiger partial charge in [0, 0.05) is 25.7 Å². The number of amides is 1. The molecule has 1 aliphatic carbocycles. The van der Waals surface area contributed by atoms with Gasteiger partial charge in [-0.15, -0.1) is 10.2 Å². The van der Waals surface area contributed by atoms with Crippen molar-refractivity contribution in [2.24, 2.45) is 0 Å². The molecule has 2 aromatic heterocycles. The molecule has 0 spiro atoms. The third-order valence-corrected chi connectivity index (χ3v) is 6.01. The Morgan fingerprint density at radius 2 is 1.97 bits per heavy atom. The molecule has 4 rings (SSSR count). The Morgan fingerprint density at radius 1 is 1.17 bits per heavy atom. The summed E-state index contributed by atoms with van der Waals surface area (Å²) < 4.78 is 2.16. The molecule has 29 heavy (non-hydrogen) atoms. The number of thioether (sulfide) groups is 1. The van der Waals surface area contributed by atoms with Crippen LogP contribution in [0.15, 0.2) is 53.8 Å².